The Hall–Kier alpha value is -2.64. The summed E-state index contributed by atoms with van der Waals surface area (Å²) >= 11 is 0. The summed E-state index contributed by atoms with van der Waals surface area (Å²) in [5, 5.41) is 15.9. The highest BCUT2D eigenvalue weighted by Crippen LogP contribution is 2.24. The van der Waals surface area contributed by atoms with E-state index in [-0.39, 0.29) is 35.3 Å². The first kappa shape index (κ1) is 12.8. The van der Waals surface area contributed by atoms with E-state index in [0.717, 1.165) is 0 Å². The smallest absolute Gasteiger partial charge is 0.292 e. The topological polar surface area (TPSA) is 127 Å². The van der Waals surface area contributed by atoms with Crippen molar-refractivity contribution in [2.45, 2.75) is 12.5 Å². The van der Waals surface area contributed by atoms with Crippen LogP contribution in [-0.2, 0) is 4.79 Å². The van der Waals surface area contributed by atoms with E-state index < -0.39 is 10.8 Å². The number of para-hydroxylation sites is 1. The fraction of sp³-hybridized carbons (Fsp3) is 0.273. The largest absolute Gasteiger partial charge is 0.393 e. The minimum absolute atomic E-state index is 0.0357. The van der Waals surface area contributed by atoms with Gasteiger partial charge in [-0.15, -0.1) is 0 Å². The van der Waals surface area contributed by atoms with Gasteiger partial charge in [-0.05, 0) is 6.07 Å². The van der Waals surface area contributed by atoms with Crippen LogP contribution in [0.25, 0.3) is 0 Å². The van der Waals surface area contributed by atoms with Gasteiger partial charge in [0.1, 0.15) is 5.69 Å². The summed E-state index contributed by atoms with van der Waals surface area (Å²) in [5.74, 6) is -0.667. The lowest BCUT2D eigenvalue weighted by Crippen LogP contribution is -2.36. The van der Waals surface area contributed by atoms with Gasteiger partial charge in [-0.3, -0.25) is 19.7 Å². The predicted octanol–water partition coefficient (Wildman–Crippen LogP) is -0.205. The number of amides is 2. The highest BCUT2D eigenvalue weighted by molar-refractivity contribution is 6.01. The second-order valence-electron chi connectivity index (χ2n) is 4.17. The third-order valence-corrected chi connectivity index (χ3v) is 2.84. The normalized spacial score (nSPS) is 17.9. The van der Waals surface area contributed by atoms with Crippen LogP contribution in [0.15, 0.2) is 18.2 Å². The molecule has 0 spiro atoms. The molecule has 0 aromatic heterocycles. The highest BCUT2D eigenvalue weighted by atomic mass is 16.6. The Balaban J connectivity index is 2.17. The molecule has 1 heterocycles. The third kappa shape index (κ3) is 2.62. The van der Waals surface area contributed by atoms with Gasteiger partial charge in [0, 0.05) is 19.0 Å². The lowest BCUT2D eigenvalue weighted by atomic mass is 10.1. The van der Waals surface area contributed by atoms with Gasteiger partial charge in [-0.1, -0.05) is 6.07 Å². The number of nitrogens with two attached hydrogens (primary N) is 1. The molecule has 1 aromatic rings. The van der Waals surface area contributed by atoms with Crippen molar-refractivity contribution in [1.82, 2.24) is 10.6 Å². The van der Waals surface area contributed by atoms with Crippen LogP contribution in [0.3, 0.4) is 0 Å². The number of hydrogen-bond acceptors (Lipinski definition) is 5. The first-order chi connectivity index (χ1) is 8.99. The van der Waals surface area contributed by atoms with E-state index in [1.807, 2.05) is 0 Å². The molecular weight excluding hydrogens is 252 g/mol. The number of carbonyl (C=O) groups is 2. The van der Waals surface area contributed by atoms with Gasteiger partial charge in [0.2, 0.25) is 5.91 Å². The van der Waals surface area contributed by atoms with E-state index >= 15 is 0 Å². The van der Waals surface area contributed by atoms with Crippen molar-refractivity contribution in [2.75, 3.05) is 12.3 Å². The Bertz CT molecular complexity index is 558. The number of nitrogens with one attached hydrogen (secondary N) is 2. The van der Waals surface area contributed by atoms with Crippen LogP contribution >= 0.6 is 0 Å². The molecule has 8 nitrogen and oxygen atoms in total. The average Bonchev–Trinajstić information content (AvgIpc) is 2.74. The molecule has 1 aliphatic rings. The minimum atomic E-state index is -0.646. The van der Waals surface area contributed by atoms with E-state index in [2.05, 4.69) is 10.6 Å². The first-order valence-corrected chi connectivity index (χ1v) is 5.59. The standard InChI is InChI=1S/C11H12N4O4/c12-10-7(2-1-3-8(10)15(18)19)11(17)14-6-4-9(16)13-5-6/h1-3,6H,4-5,12H2,(H,13,16)(H,14,17). The maximum absolute atomic E-state index is 12.0. The van der Waals surface area contributed by atoms with Crippen LogP contribution in [-0.4, -0.2) is 29.3 Å². The van der Waals surface area contributed by atoms with E-state index in [4.69, 9.17) is 5.73 Å². The van der Waals surface area contributed by atoms with E-state index in [1.165, 1.54) is 18.2 Å². The fourth-order valence-electron chi connectivity index (χ4n) is 1.88. The molecule has 100 valence electrons. The van der Waals surface area contributed by atoms with Gasteiger partial charge in [-0.2, -0.15) is 0 Å². The van der Waals surface area contributed by atoms with Gasteiger partial charge in [0.15, 0.2) is 0 Å². The molecule has 1 unspecified atom stereocenters. The maximum Gasteiger partial charge on any atom is 0.292 e. The van der Waals surface area contributed by atoms with Crippen LogP contribution in [0, 0.1) is 10.1 Å². The number of nitro groups is 1. The molecule has 1 saturated heterocycles. The zero-order valence-corrected chi connectivity index (χ0v) is 9.88. The second-order valence-corrected chi connectivity index (χ2v) is 4.17. The first-order valence-electron chi connectivity index (χ1n) is 5.59. The Morgan fingerprint density at radius 1 is 1.53 bits per heavy atom. The summed E-state index contributed by atoms with van der Waals surface area (Å²) in [4.78, 5) is 33.0. The lowest BCUT2D eigenvalue weighted by Gasteiger charge is -2.11. The van der Waals surface area contributed by atoms with Crippen LogP contribution in [0.2, 0.25) is 0 Å². The van der Waals surface area contributed by atoms with Gasteiger partial charge >= 0.3 is 0 Å². The fourth-order valence-corrected chi connectivity index (χ4v) is 1.88. The Morgan fingerprint density at radius 3 is 2.84 bits per heavy atom. The van der Waals surface area contributed by atoms with Gasteiger partial charge < -0.3 is 16.4 Å². The average molecular weight is 264 g/mol. The molecule has 0 aliphatic carbocycles. The number of nitrogens with zero attached hydrogens (tertiary/aromatic N) is 1. The molecule has 1 fully saturated rings. The van der Waals surface area contributed by atoms with Crippen molar-refractivity contribution >= 4 is 23.2 Å². The second kappa shape index (κ2) is 4.92. The molecule has 2 amide bonds. The molecular formula is C11H12N4O4. The van der Waals surface area contributed by atoms with Crippen molar-refractivity contribution < 1.29 is 14.5 Å². The molecule has 0 saturated carbocycles. The molecule has 4 N–H and O–H groups in total. The third-order valence-electron chi connectivity index (χ3n) is 2.84. The minimum Gasteiger partial charge on any atom is -0.393 e. The van der Waals surface area contributed by atoms with Crippen molar-refractivity contribution in [2.24, 2.45) is 0 Å². The number of hydrogen-bond donors (Lipinski definition) is 3. The summed E-state index contributed by atoms with van der Waals surface area (Å²) in [7, 11) is 0. The quantitative estimate of drug-likeness (QED) is 0.395. The van der Waals surface area contributed by atoms with Crippen molar-refractivity contribution in [3.05, 3.63) is 33.9 Å². The molecule has 0 radical (unpaired) electrons. The molecule has 1 atom stereocenters. The van der Waals surface area contributed by atoms with Crippen LogP contribution < -0.4 is 16.4 Å². The summed E-state index contributed by atoms with van der Waals surface area (Å²) < 4.78 is 0. The summed E-state index contributed by atoms with van der Waals surface area (Å²) in [5.41, 5.74) is 5.15. The van der Waals surface area contributed by atoms with Crippen molar-refractivity contribution in [3.63, 3.8) is 0 Å². The SMILES string of the molecule is Nc1c(C(=O)NC2CNC(=O)C2)cccc1[N+](=O)[O-]. The lowest BCUT2D eigenvalue weighted by molar-refractivity contribution is -0.383. The Morgan fingerprint density at radius 2 is 2.26 bits per heavy atom. The summed E-state index contributed by atoms with van der Waals surface area (Å²) in [6.07, 6.45) is 0.195. The zero-order chi connectivity index (χ0) is 14.0. The summed E-state index contributed by atoms with van der Waals surface area (Å²) in [6, 6.07) is 3.70. The van der Waals surface area contributed by atoms with Crippen molar-refractivity contribution in [3.8, 4) is 0 Å². The maximum atomic E-state index is 12.0. The van der Waals surface area contributed by atoms with Crippen LogP contribution in [0.1, 0.15) is 16.8 Å². The number of carbonyl (C=O) groups excluding carboxylic acids is 2. The molecule has 19 heavy (non-hydrogen) atoms. The number of nitrogen functional groups attached to an aromatic ring is 1. The number of benzene rings is 1. The van der Waals surface area contributed by atoms with E-state index in [9.17, 15) is 19.7 Å². The van der Waals surface area contributed by atoms with Crippen LogP contribution in [0.4, 0.5) is 11.4 Å². The molecule has 1 aliphatic heterocycles. The zero-order valence-electron chi connectivity index (χ0n) is 9.88. The Labute approximate surface area is 108 Å². The predicted molar refractivity (Wildman–Crippen MR) is 66.4 cm³/mol. The number of rotatable bonds is 3. The summed E-state index contributed by atoms with van der Waals surface area (Å²) in [6.45, 7) is 0.347. The number of nitro benzene ring substituents is 1. The van der Waals surface area contributed by atoms with E-state index in [1.54, 1.807) is 0 Å². The molecule has 2 rings (SSSR count). The van der Waals surface area contributed by atoms with Gasteiger partial charge in [0.25, 0.3) is 11.6 Å². The molecule has 1 aromatic carbocycles. The van der Waals surface area contributed by atoms with E-state index in [0.29, 0.717) is 6.54 Å². The highest BCUT2D eigenvalue weighted by Gasteiger charge is 2.25. The van der Waals surface area contributed by atoms with Crippen LogP contribution in [0.5, 0.6) is 0 Å². The molecule has 8 heteroatoms. The van der Waals surface area contributed by atoms with Crippen molar-refractivity contribution in [1.29, 1.82) is 0 Å². The molecule has 0 bridgehead atoms. The van der Waals surface area contributed by atoms with Gasteiger partial charge in [0.05, 0.1) is 16.5 Å². The monoisotopic (exact) mass is 264 g/mol. The number of anilines is 1. The Kier molecular flexibility index (Phi) is 3.32. The van der Waals surface area contributed by atoms with Gasteiger partial charge in [-0.25, -0.2) is 0 Å².